The van der Waals surface area contributed by atoms with E-state index in [1.807, 2.05) is 6.07 Å². The third-order valence-electron chi connectivity index (χ3n) is 1.83. The predicted molar refractivity (Wildman–Crippen MR) is 58.2 cm³/mol. The van der Waals surface area contributed by atoms with E-state index >= 15 is 0 Å². The summed E-state index contributed by atoms with van der Waals surface area (Å²) >= 11 is 0. The Balaban J connectivity index is 2.39. The van der Waals surface area contributed by atoms with E-state index in [1.165, 1.54) is 0 Å². The molecule has 0 saturated carbocycles. The van der Waals surface area contributed by atoms with Crippen molar-refractivity contribution >= 4 is 0 Å². The van der Waals surface area contributed by atoms with Gasteiger partial charge in [-0.25, -0.2) is 0 Å². The lowest BCUT2D eigenvalue weighted by Gasteiger charge is -2.18. The molecule has 0 aliphatic heterocycles. The summed E-state index contributed by atoms with van der Waals surface area (Å²) < 4.78 is 0. The van der Waals surface area contributed by atoms with Crippen LogP contribution < -0.4 is 10.9 Å². The van der Waals surface area contributed by atoms with Crippen molar-refractivity contribution < 1.29 is 0 Å². The summed E-state index contributed by atoms with van der Waals surface area (Å²) in [6.45, 7) is 8.33. The molecule has 1 aromatic rings. The van der Waals surface area contributed by atoms with Crippen LogP contribution in [-0.2, 0) is 6.54 Å². The molecular weight excluding hydrogens is 176 g/mol. The fourth-order valence-corrected chi connectivity index (χ4v) is 1.13. The molecule has 1 rings (SSSR count). The molecule has 0 amide bonds. The zero-order chi connectivity index (χ0) is 10.6. The van der Waals surface area contributed by atoms with Crippen molar-refractivity contribution in [3.05, 3.63) is 34.2 Å². The Morgan fingerprint density at radius 2 is 2.07 bits per heavy atom. The van der Waals surface area contributed by atoms with E-state index in [2.05, 4.69) is 31.1 Å². The van der Waals surface area contributed by atoms with Crippen LogP contribution in [0.2, 0.25) is 0 Å². The van der Waals surface area contributed by atoms with Crippen LogP contribution in [0.3, 0.4) is 0 Å². The molecule has 0 atom stereocenters. The lowest BCUT2D eigenvalue weighted by atomic mass is 9.97. The van der Waals surface area contributed by atoms with Crippen LogP contribution in [0.1, 0.15) is 26.3 Å². The zero-order valence-corrected chi connectivity index (χ0v) is 9.05. The van der Waals surface area contributed by atoms with Crippen molar-refractivity contribution in [2.45, 2.75) is 27.3 Å². The van der Waals surface area contributed by atoms with Gasteiger partial charge in [0.25, 0.3) is 0 Å². The Hall–Kier alpha value is -1.09. The summed E-state index contributed by atoms with van der Waals surface area (Å²) in [4.78, 5) is 13.4. The molecule has 0 aromatic carbocycles. The molecule has 1 aromatic heterocycles. The van der Waals surface area contributed by atoms with Gasteiger partial charge in [0, 0.05) is 25.4 Å². The summed E-state index contributed by atoms with van der Waals surface area (Å²) in [5.74, 6) is 0. The second-order valence-electron chi connectivity index (χ2n) is 4.73. The van der Waals surface area contributed by atoms with Gasteiger partial charge < -0.3 is 10.3 Å². The number of aromatic amines is 1. The van der Waals surface area contributed by atoms with Crippen LogP contribution >= 0.6 is 0 Å². The van der Waals surface area contributed by atoms with E-state index < -0.39 is 0 Å². The second-order valence-corrected chi connectivity index (χ2v) is 4.73. The highest BCUT2D eigenvalue weighted by atomic mass is 16.1. The molecule has 0 radical (unpaired) electrons. The maximum absolute atomic E-state index is 10.8. The highest BCUT2D eigenvalue weighted by molar-refractivity contribution is 5.08. The Kier molecular flexibility index (Phi) is 3.47. The lowest BCUT2D eigenvalue weighted by molar-refractivity contribution is 0.379. The molecule has 78 valence electrons. The van der Waals surface area contributed by atoms with Gasteiger partial charge in [0.1, 0.15) is 0 Å². The largest absolute Gasteiger partial charge is 0.329 e. The summed E-state index contributed by atoms with van der Waals surface area (Å²) in [6, 6.07) is 3.39. The Labute approximate surface area is 84.6 Å². The molecule has 0 aliphatic carbocycles. The quantitative estimate of drug-likeness (QED) is 0.766. The lowest BCUT2D eigenvalue weighted by Crippen LogP contribution is -2.26. The van der Waals surface area contributed by atoms with Gasteiger partial charge in [0.2, 0.25) is 5.56 Å². The summed E-state index contributed by atoms with van der Waals surface area (Å²) in [6.07, 6.45) is 1.75. The number of pyridine rings is 1. The van der Waals surface area contributed by atoms with Crippen molar-refractivity contribution in [3.63, 3.8) is 0 Å². The van der Waals surface area contributed by atoms with Gasteiger partial charge in [-0.05, 0) is 11.0 Å². The molecule has 0 bridgehead atoms. The molecule has 0 aliphatic rings. The number of nitrogens with one attached hydrogen (secondary N) is 2. The minimum atomic E-state index is -0.0513. The van der Waals surface area contributed by atoms with E-state index in [0.717, 1.165) is 18.7 Å². The maximum Gasteiger partial charge on any atom is 0.247 e. The molecule has 1 heterocycles. The van der Waals surface area contributed by atoms with Crippen molar-refractivity contribution in [2.75, 3.05) is 6.54 Å². The van der Waals surface area contributed by atoms with Crippen LogP contribution in [0.5, 0.6) is 0 Å². The van der Waals surface area contributed by atoms with Crippen LogP contribution in [0.15, 0.2) is 23.1 Å². The zero-order valence-electron chi connectivity index (χ0n) is 9.05. The van der Waals surface area contributed by atoms with Gasteiger partial charge >= 0.3 is 0 Å². The van der Waals surface area contributed by atoms with Crippen LogP contribution in [0, 0.1) is 5.41 Å². The van der Waals surface area contributed by atoms with Crippen LogP contribution in [0.25, 0.3) is 0 Å². The minimum Gasteiger partial charge on any atom is -0.329 e. The summed E-state index contributed by atoms with van der Waals surface area (Å²) in [7, 11) is 0. The third-order valence-corrected chi connectivity index (χ3v) is 1.83. The van der Waals surface area contributed by atoms with E-state index in [4.69, 9.17) is 0 Å². The average molecular weight is 194 g/mol. The third kappa shape index (κ3) is 4.23. The molecule has 2 N–H and O–H groups in total. The Bertz CT molecular complexity index is 315. The van der Waals surface area contributed by atoms with Crippen LogP contribution in [-0.4, -0.2) is 11.5 Å². The fourth-order valence-electron chi connectivity index (χ4n) is 1.13. The average Bonchev–Trinajstić information content (AvgIpc) is 2.06. The number of H-pyrrole nitrogens is 1. The highest BCUT2D eigenvalue weighted by Crippen LogP contribution is 2.10. The number of hydrogen-bond acceptors (Lipinski definition) is 2. The van der Waals surface area contributed by atoms with Crippen molar-refractivity contribution in [1.29, 1.82) is 0 Å². The van der Waals surface area contributed by atoms with E-state index in [-0.39, 0.29) is 5.56 Å². The van der Waals surface area contributed by atoms with E-state index in [0.29, 0.717) is 5.41 Å². The SMILES string of the molecule is CC(C)(C)CNCc1ccc(=O)[nH]c1. The Morgan fingerprint density at radius 3 is 2.57 bits per heavy atom. The van der Waals surface area contributed by atoms with Gasteiger partial charge in [-0.15, -0.1) is 0 Å². The molecule has 0 spiro atoms. The predicted octanol–water partition coefficient (Wildman–Crippen LogP) is 1.51. The van der Waals surface area contributed by atoms with Gasteiger partial charge in [-0.2, -0.15) is 0 Å². The fraction of sp³-hybridized carbons (Fsp3) is 0.545. The monoisotopic (exact) mass is 194 g/mol. The number of hydrogen-bond donors (Lipinski definition) is 2. The first kappa shape index (κ1) is 11.0. The first-order valence-electron chi connectivity index (χ1n) is 4.86. The molecule has 14 heavy (non-hydrogen) atoms. The topological polar surface area (TPSA) is 44.9 Å². The normalized spacial score (nSPS) is 11.6. The van der Waals surface area contributed by atoms with Gasteiger partial charge in [-0.1, -0.05) is 26.8 Å². The van der Waals surface area contributed by atoms with E-state index in [9.17, 15) is 4.79 Å². The van der Waals surface area contributed by atoms with Gasteiger partial charge in [0.15, 0.2) is 0 Å². The smallest absolute Gasteiger partial charge is 0.247 e. The second kappa shape index (κ2) is 4.42. The Morgan fingerprint density at radius 1 is 1.36 bits per heavy atom. The number of rotatable bonds is 3. The van der Waals surface area contributed by atoms with Crippen LogP contribution in [0.4, 0.5) is 0 Å². The molecular formula is C11H18N2O. The summed E-state index contributed by atoms with van der Waals surface area (Å²) in [5.41, 5.74) is 1.35. The molecule has 0 unspecified atom stereocenters. The first-order valence-corrected chi connectivity index (χ1v) is 4.86. The molecule has 3 nitrogen and oxygen atoms in total. The molecule has 0 saturated heterocycles. The molecule has 3 heteroatoms. The minimum absolute atomic E-state index is 0.0513. The van der Waals surface area contributed by atoms with Crippen molar-refractivity contribution in [1.82, 2.24) is 10.3 Å². The summed E-state index contributed by atoms with van der Waals surface area (Å²) in [5, 5.41) is 3.34. The maximum atomic E-state index is 10.8. The standard InChI is InChI=1S/C11H18N2O/c1-11(2,3)8-12-6-9-4-5-10(14)13-7-9/h4-5,7,12H,6,8H2,1-3H3,(H,13,14). The van der Waals surface area contributed by atoms with Gasteiger partial charge in [0.05, 0.1) is 0 Å². The van der Waals surface area contributed by atoms with Gasteiger partial charge in [-0.3, -0.25) is 4.79 Å². The van der Waals surface area contributed by atoms with Crippen molar-refractivity contribution in [2.24, 2.45) is 5.41 Å². The molecule has 0 fully saturated rings. The highest BCUT2D eigenvalue weighted by Gasteiger charge is 2.08. The van der Waals surface area contributed by atoms with Crippen molar-refractivity contribution in [3.8, 4) is 0 Å². The van der Waals surface area contributed by atoms with E-state index in [1.54, 1.807) is 12.3 Å². The number of aromatic nitrogens is 1. The first-order chi connectivity index (χ1) is 6.47.